The maximum absolute atomic E-state index is 13.0. The highest BCUT2D eigenvalue weighted by Crippen LogP contribution is 2.39. The number of alkyl halides is 8. The first-order valence-electron chi connectivity index (χ1n) is 21.3. The minimum atomic E-state index is -4.69. The van der Waals surface area contributed by atoms with E-state index in [1.807, 2.05) is 13.0 Å². The number of nitrogens with two attached hydrogens (primary N) is 1. The van der Waals surface area contributed by atoms with Crippen molar-refractivity contribution in [2.45, 2.75) is 108 Å². The number of nitrogens with one attached hydrogen (secondary N) is 3. The number of benzene rings is 3. The molecule has 0 aliphatic carbocycles. The van der Waals surface area contributed by atoms with Crippen LogP contribution >= 0.6 is 31.9 Å². The fourth-order valence-corrected chi connectivity index (χ4v) is 6.56. The average molecular weight is 1160 g/mol. The van der Waals surface area contributed by atoms with Gasteiger partial charge in [-0.15, -0.1) is 0 Å². The van der Waals surface area contributed by atoms with Gasteiger partial charge in [-0.25, -0.2) is 34.6 Å². The highest BCUT2D eigenvalue weighted by Gasteiger charge is 2.36. The van der Waals surface area contributed by atoms with Gasteiger partial charge in [0.2, 0.25) is 5.95 Å². The van der Waals surface area contributed by atoms with Crippen LogP contribution in [0.25, 0.3) is 14.5 Å². The lowest BCUT2D eigenvalue weighted by Crippen LogP contribution is -2.37. The molecule has 0 aliphatic heterocycles. The summed E-state index contributed by atoms with van der Waals surface area (Å²) >= 11 is 6.39. The summed E-state index contributed by atoms with van der Waals surface area (Å²) in [6.07, 6.45) is -4.56. The van der Waals surface area contributed by atoms with Gasteiger partial charge in [0.25, 0.3) is 0 Å². The number of nitrogen functional groups attached to an aromatic ring is 1. The molecule has 3 aromatic heterocycles. The normalized spacial score (nSPS) is 13.3. The van der Waals surface area contributed by atoms with Gasteiger partial charge in [0.15, 0.2) is 34.4 Å². The van der Waals surface area contributed by atoms with Crippen LogP contribution in [-0.4, -0.2) is 94.0 Å². The Morgan fingerprint density at radius 3 is 1.28 bits per heavy atom. The number of carbonyl (C=O) groups excluding carboxylic acids is 3. The van der Waals surface area contributed by atoms with Crippen molar-refractivity contribution >= 4 is 72.2 Å². The number of Topliss-reactive ketones (excluding diaryl/α,β-unsaturated/α-hetero) is 3. The molecule has 0 saturated heterocycles. The van der Waals surface area contributed by atoms with Crippen LogP contribution in [0.3, 0.4) is 0 Å². The summed E-state index contributed by atoms with van der Waals surface area (Å²) in [6, 6.07) is 11.7. The van der Waals surface area contributed by atoms with E-state index < -0.39 is 56.2 Å². The molecule has 6 aromatic rings. The van der Waals surface area contributed by atoms with Gasteiger partial charge in [0, 0.05) is 37.4 Å². The first-order chi connectivity index (χ1) is 34.1. The number of hydrogen-bond donors (Lipinski definition) is 6. The maximum Gasteiger partial charge on any atom is 0.407 e. The van der Waals surface area contributed by atoms with Crippen LogP contribution in [0.15, 0.2) is 73.6 Å². The zero-order valence-corrected chi connectivity index (χ0v) is 42.5. The summed E-state index contributed by atoms with van der Waals surface area (Å²) in [7, 11) is 0. The molecular weight excluding hydrogens is 1110 g/mol. The Morgan fingerprint density at radius 2 is 0.986 bits per heavy atom. The van der Waals surface area contributed by atoms with Crippen molar-refractivity contribution in [3.8, 4) is 0 Å². The van der Waals surface area contributed by atoms with Crippen molar-refractivity contribution in [2.75, 3.05) is 11.1 Å². The fraction of sp³-hybridized carbons (Fsp3) is 0.375. The maximum atomic E-state index is 13.0. The number of hydrogen-bond acceptors (Lipinski definition) is 12. The van der Waals surface area contributed by atoms with E-state index in [1.54, 1.807) is 19.1 Å². The number of aliphatic hydroxyl groups is 2. The number of rotatable bonds is 16. The molecule has 26 heteroatoms. The second kappa shape index (κ2) is 27.8. The monoisotopic (exact) mass is 1160 g/mol. The summed E-state index contributed by atoms with van der Waals surface area (Å²) in [4.78, 5) is 57.0. The number of aryl methyl sites for hydroxylation is 3. The summed E-state index contributed by atoms with van der Waals surface area (Å²) in [5.41, 5.74) is 1.37. The van der Waals surface area contributed by atoms with Crippen LogP contribution in [0.5, 0.6) is 0 Å². The minimum Gasteiger partial charge on any atom is -0.382 e. The number of anilines is 1. The zero-order valence-electron chi connectivity index (χ0n) is 39.3. The van der Waals surface area contributed by atoms with Gasteiger partial charge in [-0.3, -0.25) is 24.6 Å². The van der Waals surface area contributed by atoms with Crippen molar-refractivity contribution in [3.05, 3.63) is 153 Å². The Bertz CT molecular complexity index is 2910. The molecule has 0 unspecified atom stereocenters. The van der Waals surface area contributed by atoms with Gasteiger partial charge in [-0.1, -0.05) is 93.9 Å². The van der Waals surface area contributed by atoms with E-state index in [4.69, 9.17) is 25.5 Å². The van der Waals surface area contributed by atoms with Crippen molar-refractivity contribution in [2.24, 2.45) is 0 Å². The van der Waals surface area contributed by atoms with Crippen LogP contribution < -0.4 is 5.73 Å². The number of aromatic nitrogens is 9. The molecule has 0 saturated carbocycles. The van der Waals surface area contributed by atoms with Gasteiger partial charge in [-0.05, 0) is 62.8 Å². The van der Waals surface area contributed by atoms with E-state index in [1.165, 1.54) is 45.0 Å². The van der Waals surface area contributed by atoms with E-state index in [0.29, 0.717) is 35.0 Å². The molecule has 3 aromatic carbocycles. The Kier molecular flexibility index (Phi) is 23.6. The number of nitrogens with zero attached hydrogens (tertiary/aromatic N) is 9. The molecular formula is C48H51Br2F6N13O5. The van der Waals surface area contributed by atoms with Gasteiger partial charge in [-0.2, -0.15) is 41.6 Å². The molecule has 7 N–H and O–H groups in total. The number of H-pyrrole nitrogens is 3. The largest absolute Gasteiger partial charge is 0.407 e. The Morgan fingerprint density at radius 1 is 0.622 bits per heavy atom. The van der Waals surface area contributed by atoms with Crippen molar-refractivity contribution < 1.29 is 50.9 Å². The Labute approximate surface area is 438 Å². The minimum absolute atomic E-state index is 0. The van der Waals surface area contributed by atoms with Crippen LogP contribution in [0.4, 0.5) is 49.4 Å². The second-order valence-electron chi connectivity index (χ2n) is 16.6. The third-order valence-corrected chi connectivity index (χ3v) is 13.1. The van der Waals surface area contributed by atoms with Gasteiger partial charge in [0.05, 0.1) is 35.2 Å². The lowest BCUT2D eigenvalue weighted by atomic mass is 9.90. The predicted molar refractivity (Wildman–Crippen MR) is 268 cm³/mol. The standard InChI is InChI=1S/C16H15F3N4O2.C16H18N4O2.C13H10Br2F3NO.C2H4N4.CH4/c1-15(25,6-5-14-21-9-22-23-14)13(24)8-10-3-4-12(20-2)11(7-10)16(17,18)19;1-11-8-12(4-5-13(11)17-3)9-14(21)16(2,22)7-6-15-18-10-19-20-15;1-12(15,7-14)11(20)6-8-3-4-10(19-2)9(5-8)13(16,17)18;3-2-4-1-5-6-2;/h3-4,7,9,25H,5-6,8H2,1H3,(H,21,22,23);4-5,8,10,22H,6-7,9H2,1-2H3,(H,18,19,20);3-5H,6-7H2,1H3;1H,(H3,3,4,5,6);1H4/t15-;16-;12-;;/m000../s1. The third-order valence-electron chi connectivity index (χ3n) is 10.5. The van der Waals surface area contributed by atoms with E-state index >= 15 is 0 Å². The lowest BCUT2D eigenvalue weighted by molar-refractivity contribution is -0.138. The quantitative estimate of drug-likeness (QED) is 0.0301. The summed E-state index contributed by atoms with van der Waals surface area (Å²) in [5, 5.41) is 39.6. The van der Waals surface area contributed by atoms with Crippen molar-refractivity contribution in [1.82, 2.24) is 45.5 Å². The Balaban J connectivity index is 0.000000358. The first-order valence-corrected chi connectivity index (χ1v) is 23.2. The molecule has 74 heavy (non-hydrogen) atoms. The van der Waals surface area contributed by atoms with Crippen LogP contribution in [0.2, 0.25) is 0 Å². The second-order valence-corrected chi connectivity index (χ2v) is 18.9. The van der Waals surface area contributed by atoms with E-state index in [2.05, 4.69) is 91.9 Å². The average Bonchev–Trinajstić information content (AvgIpc) is 4.16. The highest BCUT2D eigenvalue weighted by molar-refractivity contribution is 9.12. The summed E-state index contributed by atoms with van der Waals surface area (Å²) < 4.78 is 76.5. The molecule has 0 bridgehead atoms. The summed E-state index contributed by atoms with van der Waals surface area (Å²) in [5.74, 6) is 0.393. The molecule has 0 radical (unpaired) electrons. The van der Waals surface area contributed by atoms with Crippen molar-refractivity contribution in [3.63, 3.8) is 0 Å². The SMILES string of the molecule is C.Nc1ncn[nH]1.[C-]#[N+]c1ccc(CC(=O)[C@@](C)(Br)CBr)cc1C(F)(F)F.[C-]#[N+]c1ccc(CC(=O)[C@@](C)(O)CCc2ncn[nH]2)cc1C.[C-]#[N+]c1ccc(CC(=O)[C@@](C)(O)CCc2ncn[nH]2)cc1C(F)(F)F. The molecule has 6 rings (SSSR count). The molecule has 3 heterocycles. The van der Waals surface area contributed by atoms with Gasteiger partial charge >= 0.3 is 12.4 Å². The van der Waals surface area contributed by atoms with E-state index in [-0.39, 0.29) is 68.6 Å². The number of halogens is 8. The molecule has 0 aliphatic rings. The fourth-order valence-electron chi connectivity index (χ4n) is 6.10. The van der Waals surface area contributed by atoms with Gasteiger partial charge < -0.3 is 15.9 Å². The number of aromatic amines is 3. The number of ketones is 3. The number of carbonyl (C=O) groups is 3. The lowest BCUT2D eigenvalue weighted by Gasteiger charge is -2.21. The van der Waals surface area contributed by atoms with Crippen LogP contribution in [0.1, 0.15) is 86.1 Å². The van der Waals surface area contributed by atoms with E-state index in [0.717, 1.165) is 35.4 Å². The summed E-state index contributed by atoms with van der Waals surface area (Å²) in [6.45, 7) is 26.9. The van der Waals surface area contributed by atoms with Crippen LogP contribution in [-0.2, 0) is 58.8 Å². The third kappa shape index (κ3) is 19.7. The molecule has 3 atom stereocenters. The molecule has 0 fully saturated rings. The van der Waals surface area contributed by atoms with Crippen molar-refractivity contribution in [1.29, 1.82) is 0 Å². The topological polar surface area (TPSA) is 255 Å². The predicted octanol–water partition coefficient (Wildman–Crippen LogP) is 9.97. The smallest absolute Gasteiger partial charge is 0.382 e. The molecule has 0 amide bonds. The highest BCUT2D eigenvalue weighted by atomic mass is 79.9. The van der Waals surface area contributed by atoms with Gasteiger partial charge in [0.1, 0.15) is 41.8 Å². The molecule has 0 spiro atoms. The van der Waals surface area contributed by atoms with E-state index in [9.17, 15) is 50.9 Å². The molecule has 18 nitrogen and oxygen atoms in total. The first kappa shape index (κ1) is 62.9. The molecule has 394 valence electrons. The van der Waals surface area contributed by atoms with Crippen LogP contribution in [0, 0.1) is 26.6 Å². The zero-order chi connectivity index (χ0) is 54.8. The Hall–Kier alpha value is -7.18.